The maximum absolute atomic E-state index is 5.91. The predicted octanol–water partition coefficient (Wildman–Crippen LogP) is 9.07. The number of azo groups is 4. The van der Waals surface area contributed by atoms with E-state index < -0.39 is 0 Å². The summed E-state index contributed by atoms with van der Waals surface area (Å²) in [5.74, 6) is 2.72. The predicted molar refractivity (Wildman–Crippen MR) is 235 cm³/mol. The molecule has 2 aliphatic heterocycles. The summed E-state index contributed by atoms with van der Waals surface area (Å²) >= 11 is 0. The van der Waals surface area contributed by atoms with Crippen molar-refractivity contribution in [1.29, 1.82) is 0 Å². The van der Waals surface area contributed by atoms with Gasteiger partial charge in [0.25, 0.3) is 13.3 Å². The van der Waals surface area contributed by atoms with E-state index in [0.29, 0.717) is 77.9 Å². The fraction of sp³-hybridized carbons (Fsp3) is 0.208. The number of rotatable bonds is 20. The Balaban J connectivity index is 0.698. The van der Waals surface area contributed by atoms with Crippen molar-refractivity contribution in [2.24, 2.45) is 20.4 Å². The van der Waals surface area contributed by atoms with Crippen LogP contribution in [-0.2, 0) is 14.2 Å². The number of hydrogen-bond acceptors (Lipinski definition) is 11. The molecule has 0 atom stereocenters. The third-order valence-corrected chi connectivity index (χ3v) is 9.58. The number of hydrogen-bond donors (Lipinski definition) is 0. The zero-order valence-electron chi connectivity index (χ0n) is 33.9. The van der Waals surface area contributed by atoms with Gasteiger partial charge in [0.05, 0.1) is 51.0 Å². The van der Waals surface area contributed by atoms with Gasteiger partial charge in [0.2, 0.25) is 23.0 Å². The first-order valence-corrected chi connectivity index (χ1v) is 20.4. The van der Waals surface area contributed by atoms with E-state index in [1.54, 1.807) is 0 Å². The van der Waals surface area contributed by atoms with Gasteiger partial charge in [-0.1, -0.05) is 82.2 Å². The smallest absolute Gasteiger partial charge is 0.269 e. The second kappa shape index (κ2) is 21.3. The maximum Gasteiger partial charge on any atom is 0.269 e. The molecule has 308 valence electrons. The highest BCUT2D eigenvalue weighted by molar-refractivity contribution is 6.00. The molecule has 2 heterocycles. The zero-order valence-corrected chi connectivity index (χ0v) is 33.9. The van der Waals surface area contributed by atoms with Crippen molar-refractivity contribution in [3.8, 4) is 11.5 Å². The second-order valence-corrected chi connectivity index (χ2v) is 13.9. The van der Waals surface area contributed by atoms with Gasteiger partial charge in [0.15, 0.2) is 0 Å². The van der Waals surface area contributed by atoms with Crippen LogP contribution in [0.2, 0.25) is 0 Å². The van der Waals surface area contributed by atoms with Gasteiger partial charge in [-0.2, -0.15) is 0 Å². The minimum absolute atomic E-state index is 0.421. The van der Waals surface area contributed by atoms with Crippen molar-refractivity contribution in [1.82, 2.24) is 0 Å². The molecule has 13 nitrogen and oxygen atoms in total. The van der Waals surface area contributed by atoms with Crippen LogP contribution in [0.25, 0.3) is 0 Å². The van der Waals surface area contributed by atoms with Gasteiger partial charge in [0.1, 0.15) is 24.7 Å². The first-order chi connectivity index (χ1) is 30.2. The van der Waals surface area contributed by atoms with E-state index in [-0.39, 0.29) is 0 Å². The molecule has 0 amide bonds. The first-order valence-electron chi connectivity index (χ1n) is 20.4. The molecule has 0 saturated heterocycles. The maximum atomic E-state index is 5.91. The topological polar surface area (TPSA) is 108 Å². The summed E-state index contributed by atoms with van der Waals surface area (Å²) in [6, 6.07) is 56.0. The lowest BCUT2D eigenvalue weighted by atomic mass is 10.2. The van der Waals surface area contributed by atoms with Gasteiger partial charge in [-0.15, -0.1) is 10.2 Å². The summed E-state index contributed by atoms with van der Waals surface area (Å²) < 4.78 is 32.8. The molecular weight excluding hydrogens is 769 g/mol. The van der Waals surface area contributed by atoms with Gasteiger partial charge in [-0.05, 0) is 72.8 Å². The number of amidine groups is 2. The van der Waals surface area contributed by atoms with E-state index in [4.69, 9.17) is 44.1 Å². The van der Waals surface area contributed by atoms with E-state index >= 15 is 0 Å². The molecule has 0 radical (unpaired) electrons. The van der Waals surface area contributed by atoms with Crippen molar-refractivity contribution in [3.05, 3.63) is 181 Å². The van der Waals surface area contributed by atoms with E-state index in [0.717, 1.165) is 45.4 Å². The average molecular weight is 817 g/mol. The summed E-state index contributed by atoms with van der Waals surface area (Å²) in [6.07, 6.45) is 0. The molecule has 2 aliphatic rings. The normalized spacial score (nSPS) is 13.8. The zero-order chi connectivity index (χ0) is 41.3. The average Bonchev–Trinajstić information content (AvgIpc) is 3.34. The second-order valence-electron chi connectivity index (χ2n) is 13.9. The molecule has 0 spiro atoms. The summed E-state index contributed by atoms with van der Waals surface area (Å²) in [5, 5.41) is 23.3. The molecule has 13 heteroatoms. The quantitative estimate of drug-likeness (QED) is 0.0559. The summed E-state index contributed by atoms with van der Waals surface area (Å²) in [4.78, 5) is 0. The van der Waals surface area contributed by atoms with Crippen LogP contribution in [0.3, 0.4) is 0 Å². The van der Waals surface area contributed by atoms with Crippen LogP contribution in [0.4, 0.5) is 22.7 Å². The minimum atomic E-state index is 0.421. The number of para-hydroxylation sites is 4. The highest BCUT2D eigenvalue weighted by Crippen LogP contribution is 2.25. The van der Waals surface area contributed by atoms with Crippen molar-refractivity contribution in [2.45, 2.75) is 0 Å². The van der Waals surface area contributed by atoms with Gasteiger partial charge < -0.3 is 23.7 Å². The third-order valence-electron chi connectivity index (χ3n) is 9.58. The summed E-state index contributed by atoms with van der Waals surface area (Å²) in [5.41, 5.74) is 5.74. The van der Waals surface area contributed by atoms with Gasteiger partial charge in [0, 0.05) is 45.6 Å². The molecule has 0 fully saturated rings. The van der Waals surface area contributed by atoms with Gasteiger partial charge in [-0.3, -0.25) is 0 Å². The third kappa shape index (κ3) is 11.6. The Morgan fingerprint density at radius 3 is 1.07 bits per heavy atom. The Labute approximate surface area is 355 Å². The molecule has 8 rings (SSSR count). The molecule has 0 aliphatic carbocycles. The first kappa shape index (κ1) is 40.7. The molecule has 0 N–H and O–H groups in total. The summed E-state index contributed by atoms with van der Waals surface area (Å²) in [6.45, 7) is 4.61. The van der Waals surface area contributed by atoms with Gasteiger partial charge >= 0.3 is 0 Å². The van der Waals surface area contributed by atoms with Crippen LogP contribution in [0.5, 0.6) is 11.5 Å². The fourth-order valence-electron chi connectivity index (χ4n) is 6.45. The van der Waals surface area contributed by atoms with Crippen molar-refractivity contribution in [3.63, 3.8) is 0 Å². The molecule has 61 heavy (non-hydrogen) atoms. The molecule has 0 saturated carbocycles. The highest BCUT2D eigenvalue weighted by Gasteiger charge is 2.27. The van der Waals surface area contributed by atoms with Crippen molar-refractivity contribution < 1.29 is 33.1 Å². The number of hydrazone groups is 2. The monoisotopic (exact) mass is 816 g/mol. The van der Waals surface area contributed by atoms with Gasteiger partial charge in [-0.25, -0.2) is 10.0 Å². The van der Waals surface area contributed by atoms with Crippen LogP contribution in [-0.4, -0.2) is 87.3 Å². The van der Waals surface area contributed by atoms with Crippen LogP contribution in [0.1, 0.15) is 11.1 Å². The Bertz CT molecular complexity index is 2230. The van der Waals surface area contributed by atoms with E-state index in [9.17, 15) is 0 Å². The molecule has 0 bridgehead atoms. The number of anilines is 2. The highest BCUT2D eigenvalue weighted by atomic mass is 16.6. The van der Waals surface area contributed by atoms with Crippen LogP contribution >= 0.6 is 0 Å². The Morgan fingerprint density at radius 1 is 0.377 bits per heavy atom. The minimum Gasteiger partial charge on any atom is -0.491 e. The SMILES string of the molecule is c1ccc(N2C[N+](c3ccccc3)=NC(c3ccc(OCCOCCOCCOCCOc4ccc(C5=NN(c6ccccc6)C[N+](c6ccccc6)=N5)cc4)cc3)=N2)cc1. The van der Waals surface area contributed by atoms with E-state index in [1.165, 1.54) is 0 Å². The number of nitrogens with zero attached hydrogens (tertiary/aromatic N) is 8. The van der Waals surface area contributed by atoms with Crippen LogP contribution in [0.15, 0.2) is 190 Å². The van der Waals surface area contributed by atoms with Crippen molar-refractivity contribution in [2.75, 3.05) is 76.2 Å². The molecule has 6 aromatic carbocycles. The summed E-state index contributed by atoms with van der Waals surface area (Å²) in [7, 11) is 0. The number of benzene rings is 6. The Morgan fingerprint density at radius 2 is 0.705 bits per heavy atom. The Kier molecular flexibility index (Phi) is 14.2. The molecule has 0 unspecified atom stereocenters. The fourth-order valence-corrected chi connectivity index (χ4v) is 6.45. The molecular formula is C48H48N8O5+2. The van der Waals surface area contributed by atoms with E-state index in [2.05, 4.69) is 0 Å². The van der Waals surface area contributed by atoms with E-state index in [1.807, 2.05) is 189 Å². The molecule has 6 aromatic rings. The van der Waals surface area contributed by atoms with Crippen molar-refractivity contribution >= 4 is 34.4 Å². The lowest BCUT2D eigenvalue weighted by molar-refractivity contribution is -0.508. The van der Waals surface area contributed by atoms with Crippen LogP contribution < -0.4 is 19.5 Å². The standard InChI is InChI=1S/C48H48N8O5/c1-5-13-41(14-6-1)53-37-54(42-15-7-2-8-16-42)50-47(49-53)39-21-25-45(26-22-39)60-35-33-58-31-29-57-30-32-59-34-36-61-46-27-23-40(24-28-46)48-51-55(43-17-9-3-10-18-43)38-56(52-48)44-19-11-4-12-20-44/h1-28H,29-38H2/q+2. The van der Waals surface area contributed by atoms with Crippen LogP contribution in [0, 0.1) is 0 Å². The Hall–Kier alpha value is -7.06. The lowest BCUT2D eigenvalue weighted by Gasteiger charge is -2.20. The largest absolute Gasteiger partial charge is 0.491 e. The molecule has 0 aromatic heterocycles. The number of ether oxygens (including phenoxy) is 5. The lowest BCUT2D eigenvalue weighted by Crippen LogP contribution is -2.31.